The molecule has 1 aromatic carbocycles. The Morgan fingerprint density at radius 3 is 2.45 bits per heavy atom. The number of allylic oxidation sites excluding steroid dienone is 1. The Hall–Kier alpha value is -3.53. The molecule has 0 unspecified atom stereocenters. The molecule has 8 nitrogen and oxygen atoms in total. The van der Waals surface area contributed by atoms with E-state index >= 15 is 0 Å². The summed E-state index contributed by atoms with van der Waals surface area (Å²) >= 11 is 5.97. The van der Waals surface area contributed by atoms with Gasteiger partial charge in [-0.05, 0) is 5.56 Å². The summed E-state index contributed by atoms with van der Waals surface area (Å²) < 4.78 is 27.1. The zero-order valence-corrected chi connectivity index (χ0v) is 18.7. The molecule has 1 aliphatic heterocycles. The lowest BCUT2D eigenvalue weighted by Crippen LogP contribution is -2.40. The molecule has 0 spiro atoms. The fraction of sp³-hybridized carbons (Fsp3) is 0.273. The Morgan fingerprint density at radius 1 is 1.30 bits per heavy atom. The maximum absolute atomic E-state index is 13.5. The third kappa shape index (κ3) is 5.83. The van der Waals surface area contributed by atoms with Crippen molar-refractivity contribution in [3.05, 3.63) is 70.0 Å². The third-order valence-electron chi connectivity index (χ3n) is 5.10. The molecule has 1 saturated heterocycles. The molecule has 0 bridgehead atoms. The molecule has 1 aromatic rings. The lowest BCUT2D eigenvalue weighted by atomic mass is 9.96. The Morgan fingerprint density at radius 2 is 1.94 bits per heavy atom. The molecule has 2 rings (SSSR count). The first kappa shape index (κ1) is 25.7. The molecule has 0 aromatic heterocycles. The van der Waals surface area contributed by atoms with Gasteiger partial charge in [0, 0.05) is 49.6 Å². The number of nitrogens with two attached hydrogens (primary N) is 2. The van der Waals surface area contributed by atoms with Crippen molar-refractivity contribution in [1.29, 1.82) is 5.41 Å². The summed E-state index contributed by atoms with van der Waals surface area (Å²) in [4.78, 5) is 30.0. The Bertz CT molecular complexity index is 1050. The van der Waals surface area contributed by atoms with Crippen LogP contribution in [0.15, 0.2) is 63.9 Å². The highest BCUT2D eigenvalue weighted by Gasteiger charge is 2.28. The largest absolute Gasteiger partial charge is 0.394 e. The van der Waals surface area contributed by atoms with E-state index in [1.807, 2.05) is 0 Å². The van der Waals surface area contributed by atoms with Crippen molar-refractivity contribution in [3.8, 4) is 0 Å². The van der Waals surface area contributed by atoms with Gasteiger partial charge in [-0.2, -0.15) is 0 Å². The lowest BCUT2D eigenvalue weighted by molar-refractivity contribution is -0.117. The van der Waals surface area contributed by atoms with Gasteiger partial charge in [-0.25, -0.2) is 8.78 Å². The number of nitrogens with zero attached hydrogens (tertiary/aromatic N) is 2. The van der Waals surface area contributed by atoms with E-state index in [0.717, 1.165) is 6.21 Å². The van der Waals surface area contributed by atoms with Crippen LogP contribution in [0.25, 0.3) is 0 Å². The molecule has 1 atom stereocenters. The van der Waals surface area contributed by atoms with E-state index in [-0.39, 0.29) is 47.1 Å². The summed E-state index contributed by atoms with van der Waals surface area (Å²) in [5.74, 6) is -1.47. The summed E-state index contributed by atoms with van der Waals surface area (Å²) in [5.41, 5.74) is 12.1. The number of likely N-dealkylation sites (tertiary alicyclic amines) is 1. The lowest BCUT2D eigenvalue weighted by Gasteiger charge is -2.33. The van der Waals surface area contributed by atoms with Gasteiger partial charge in [-0.15, -0.1) is 6.58 Å². The van der Waals surface area contributed by atoms with Gasteiger partial charge in [0.05, 0.1) is 11.7 Å². The smallest absolute Gasteiger partial charge is 0.267 e. The van der Waals surface area contributed by atoms with Crippen LogP contribution in [0.4, 0.5) is 8.78 Å². The highest BCUT2D eigenvalue weighted by molar-refractivity contribution is 6.43. The molecule has 11 heteroatoms. The molecule has 1 heterocycles. The molecule has 0 radical (unpaired) electrons. The number of likely N-dealkylation sites (N-methyl/N-ethyl adjacent to an activating group) is 1. The highest BCUT2D eigenvalue weighted by Crippen LogP contribution is 2.31. The number of amides is 2. The molecule has 176 valence electrons. The van der Waals surface area contributed by atoms with Crippen LogP contribution in [0, 0.1) is 5.41 Å². The van der Waals surface area contributed by atoms with Crippen molar-refractivity contribution in [1.82, 2.24) is 10.2 Å². The van der Waals surface area contributed by atoms with Crippen LogP contribution in [-0.2, 0) is 9.59 Å². The van der Waals surface area contributed by atoms with Crippen LogP contribution in [0.2, 0.25) is 0 Å². The van der Waals surface area contributed by atoms with E-state index in [1.54, 1.807) is 17.0 Å². The van der Waals surface area contributed by atoms with Gasteiger partial charge in [-0.1, -0.05) is 41.9 Å². The molecule has 33 heavy (non-hydrogen) atoms. The number of benzene rings is 1. The number of aliphatic imine (C=N–C) groups is 1. The molecule has 1 aliphatic rings. The van der Waals surface area contributed by atoms with E-state index in [1.165, 1.54) is 25.3 Å². The van der Waals surface area contributed by atoms with Crippen molar-refractivity contribution in [2.45, 2.75) is 18.9 Å². The molecule has 0 saturated carbocycles. The molecule has 0 aliphatic carbocycles. The zero-order chi connectivity index (χ0) is 24.7. The number of halogens is 3. The van der Waals surface area contributed by atoms with Gasteiger partial charge in [-0.3, -0.25) is 14.6 Å². The van der Waals surface area contributed by atoms with Gasteiger partial charge >= 0.3 is 0 Å². The topological polar surface area (TPSA) is 138 Å². The molecule has 1 fully saturated rings. The van der Waals surface area contributed by atoms with E-state index in [9.17, 15) is 18.4 Å². The van der Waals surface area contributed by atoms with E-state index < -0.39 is 24.3 Å². The number of hydrogen-bond acceptors (Lipinski definition) is 6. The minimum atomic E-state index is -2.70. The standard InChI is InChI=1S/C22H25ClF2N6O2/c1-3-15(12-6-4-5-7-13(12)20(24)25)30-16-8-9-31(17(10-26)18(23)21(28)32)11-14(16)19(27)22(33)29-2/h3-7,10,15,20,26H,1,8-9,11,27H2,2H3,(H2,28,32)(H,29,33)/b18-17-,19-14?,26-10?,30-16?/t15-/m1/s1. The fourth-order valence-electron chi connectivity index (χ4n) is 3.43. The molecular weight excluding hydrogens is 454 g/mol. The average Bonchev–Trinajstić information content (AvgIpc) is 2.82. The van der Waals surface area contributed by atoms with Gasteiger partial charge < -0.3 is 27.1 Å². The van der Waals surface area contributed by atoms with E-state index in [4.69, 9.17) is 28.5 Å². The summed E-state index contributed by atoms with van der Waals surface area (Å²) in [6.45, 7) is 3.98. The first-order valence-electron chi connectivity index (χ1n) is 9.88. The van der Waals surface area contributed by atoms with Gasteiger partial charge in [0.15, 0.2) is 0 Å². The maximum Gasteiger partial charge on any atom is 0.267 e. The predicted molar refractivity (Wildman–Crippen MR) is 124 cm³/mol. The minimum absolute atomic E-state index is 0.00728. The minimum Gasteiger partial charge on any atom is -0.394 e. The number of rotatable bonds is 8. The highest BCUT2D eigenvalue weighted by atomic mass is 35.5. The number of nitrogens with one attached hydrogen (secondary N) is 2. The Labute approximate surface area is 195 Å². The number of carbonyl (C=O) groups excluding carboxylic acids is 2. The molecular formula is C22H25ClF2N6O2. The summed E-state index contributed by atoms with van der Waals surface area (Å²) in [7, 11) is 1.41. The van der Waals surface area contributed by atoms with Gasteiger partial charge in [0.2, 0.25) is 0 Å². The van der Waals surface area contributed by atoms with Crippen LogP contribution >= 0.6 is 11.6 Å². The third-order valence-corrected chi connectivity index (χ3v) is 5.48. The van der Waals surface area contributed by atoms with Crippen LogP contribution in [0.3, 0.4) is 0 Å². The van der Waals surface area contributed by atoms with Crippen molar-refractivity contribution < 1.29 is 18.4 Å². The monoisotopic (exact) mass is 478 g/mol. The quantitative estimate of drug-likeness (QED) is 0.259. The molecule has 6 N–H and O–H groups in total. The predicted octanol–water partition coefficient (Wildman–Crippen LogP) is 2.54. The first-order valence-corrected chi connectivity index (χ1v) is 10.3. The maximum atomic E-state index is 13.5. The van der Waals surface area contributed by atoms with Gasteiger partial charge in [0.25, 0.3) is 18.2 Å². The van der Waals surface area contributed by atoms with E-state index in [0.29, 0.717) is 11.3 Å². The van der Waals surface area contributed by atoms with Crippen molar-refractivity contribution in [2.24, 2.45) is 16.5 Å². The van der Waals surface area contributed by atoms with Crippen LogP contribution in [0.5, 0.6) is 0 Å². The normalized spacial score (nSPS) is 18.5. The fourth-order valence-corrected chi connectivity index (χ4v) is 3.60. The number of primary amides is 1. The summed E-state index contributed by atoms with van der Waals surface area (Å²) in [5, 5.41) is 9.72. The summed E-state index contributed by atoms with van der Waals surface area (Å²) in [6, 6.07) is 5.20. The number of carbonyl (C=O) groups is 2. The average molecular weight is 479 g/mol. The summed E-state index contributed by atoms with van der Waals surface area (Å²) in [6.07, 6.45) is -0.155. The SMILES string of the molecule is C=C[C@@H](N=C1CCN(/C(C=N)=C(\Cl)C(N)=O)CC1=C(N)C(=O)NC)c1ccccc1C(F)F. The zero-order valence-electron chi connectivity index (χ0n) is 17.9. The Kier molecular flexibility index (Phi) is 8.86. The number of alkyl halides is 2. The second-order valence-corrected chi connectivity index (χ2v) is 7.41. The number of hydrogen-bond donors (Lipinski definition) is 4. The second-order valence-electron chi connectivity index (χ2n) is 7.04. The van der Waals surface area contributed by atoms with Crippen molar-refractivity contribution in [3.63, 3.8) is 0 Å². The van der Waals surface area contributed by atoms with Crippen LogP contribution < -0.4 is 16.8 Å². The van der Waals surface area contributed by atoms with Crippen molar-refractivity contribution in [2.75, 3.05) is 20.1 Å². The second kappa shape index (κ2) is 11.4. The Balaban J connectivity index is 2.59. The van der Waals surface area contributed by atoms with E-state index in [2.05, 4.69) is 16.9 Å². The van der Waals surface area contributed by atoms with Crippen molar-refractivity contribution >= 4 is 35.3 Å². The van der Waals surface area contributed by atoms with Gasteiger partial charge in [0.1, 0.15) is 10.7 Å². The molecule has 2 amide bonds. The van der Waals surface area contributed by atoms with Crippen LogP contribution in [-0.4, -0.2) is 48.8 Å². The first-order chi connectivity index (χ1) is 15.7. The number of piperidine rings is 1. The van der Waals surface area contributed by atoms with Crippen LogP contribution in [0.1, 0.15) is 30.0 Å².